The molecule has 2 saturated heterocycles. The second-order valence-corrected chi connectivity index (χ2v) is 7.24. The van der Waals surface area contributed by atoms with Crippen molar-refractivity contribution < 1.29 is 13.2 Å². The predicted octanol–water partition coefficient (Wildman–Crippen LogP) is -0.918. The lowest BCUT2D eigenvalue weighted by Gasteiger charge is -2.35. The zero-order valence-corrected chi connectivity index (χ0v) is 10.3. The molecule has 1 atom stereocenters. The summed E-state index contributed by atoms with van der Waals surface area (Å²) in [5.41, 5.74) is 5.87. The first kappa shape index (κ1) is 12.3. The molecule has 2 aliphatic rings. The number of nitrogens with two attached hydrogens (primary N) is 1. The van der Waals surface area contributed by atoms with Crippen LogP contribution in [-0.2, 0) is 14.6 Å². The maximum absolute atomic E-state index is 11.3. The van der Waals surface area contributed by atoms with Gasteiger partial charge in [-0.1, -0.05) is 0 Å². The van der Waals surface area contributed by atoms with Crippen LogP contribution in [-0.4, -0.2) is 64.2 Å². The summed E-state index contributed by atoms with van der Waals surface area (Å²) < 4.78 is 28.0. The van der Waals surface area contributed by atoms with Gasteiger partial charge in [0.25, 0.3) is 0 Å². The predicted molar refractivity (Wildman–Crippen MR) is 62.0 cm³/mol. The van der Waals surface area contributed by atoms with Gasteiger partial charge in [0.2, 0.25) is 0 Å². The normalized spacial score (nSPS) is 35.3. The molecule has 1 unspecified atom stereocenters. The lowest BCUT2D eigenvalue weighted by Crippen LogP contribution is -2.48. The van der Waals surface area contributed by atoms with E-state index in [2.05, 4.69) is 4.90 Å². The van der Waals surface area contributed by atoms with Crippen LogP contribution in [0.3, 0.4) is 0 Å². The number of nitrogens with zero attached hydrogens (tertiary/aromatic N) is 1. The van der Waals surface area contributed by atoms with Gasteiger partial charge >= 0.3 is 0 Å². The number of sulfone groups is 1. The van der Waals surface area contributed by atoms with Crippen LogP contribution in [0, 0.1) is 5.41 Å². The van der Waals surface area contributed by atoms with E-state index in [0.717, 1.165) is 19.6 Å². The number of hydrogen-bond acceptors (Lipinski definition) is 5. The minimum Gasteiger partial charge on any atom is -0.381 e. The van der Waals surface area contributed by atoms with E-state index in [-0.39, 0.29) is 16.9 Å². The first-order chi connectivity index (χ1) is 7.55. The van der Waals surface area contributed by atoms with Crippen LogP contribution >= 0.6 is 0 Å². The Morgan fingerprint density at radius 2 is 2.00 bits per heavy atom. The summed E-state index contributed by atoms with van der Waals surface area (Å²) in [6.07, 6.45) is 0.993. The highest BCUT2D eigenvalue weighted by atomic mass is 32.2. The van der Waals surface area contributed by atoms with Crippen molar-refractivity contribution in [2.75, 3.05) is 50.9 Å². The van der Waals surface area contributed by atoms with Gasteiger partial charge in [-0.2, -0.15) is 0 Å². The van der Waals surface area contributed by atoms with E-state index in [1.165, 1.54) is 0 Å². The average Bonchev–Trinajstić information content (AvgIpc) is 2.71. The Morgan fingerprint density at radius 1 is 1.31 bits per heavy atom. The zero-order valence-electron chi connectivity index (χ0n) is 9.52. The molecule has 5 nitrogen and oxygen atoms in total. The Hall–Kier alpha value is -0.170. The molecule has 94 valence electrons. The van der Waals surface area contributed by atoms with E-state index >= 15 is 0 Å². The third-order valence-electron chi connectivity index (χ3n) is 3.61. The Bertz CT molecular complexity index is 322. The summed E-state index contributed by atoms with van der Waals surface area (Å²) in [4.78, 5) is 2.21. The van der Waals surface area contributed by atoms with Gasteiger partial charge < -0.3 is 15.4 Å². The van der Waals surface area contributed by atoms with Crippen molar-refractivity contribution in [3.8, 4) is 0 Å². The first-order valence-corrected chi connectivity index (χ1v) is 7.58. The molecule has 2 rings (SSSR count). The summed E-state index contributed by atoms with van der Waals surface area (Å²) in [5, 5.41) is 0. The molecule has 0 amide bonds. The van der Waals surface area contributed by atoms with Gasteiger partial charge in [-0.3, -0.25) is 0 Å². The molecule has 0 aliphatic carbocycles. The van der Waals surface area contributed by atoms with Gasteiger partial charge in [-0.25, -0.2) is 8.42 Å². The van der Waals surface area contributed by atoms with Crippen molar-refractivity contribution in [2.45, 2.75) is 6.42 Å². The molecule has 0 saturated carbocycles. The minimum absolute atomic E-state index is 0.0566. The molecule has 2 aliphatic heterocycles. The summed E-state index contributed by atoms with van der Waals surface area (Å²) in [6, 6.07) is 0. The van der Waals surface area contributed by atoms with E-state index in [1.54, 1.807) is 0 Å². The third-order valence-corrected chi connectivity index (χ3v) is 5.22. The first-order valence-electron chi connectivity index (χ1n) is 5.76. The van der Waals surface area contributed by atoms with Crippen molar-refractivity contribution >= 4 is 9.84 Å². The molecule has 0 bridgehead atoms. The van der Waals surface area contributed by atoms with Crippen LogP contribution < -0.4 is 5.73 Å². The molecule has 0 radical (unpaired) electrons. The molecule has 2 N–H and O–H groups in total. The summed E-state index contributed by atoms with van der Waals surface area (Å²) >= 11 is 0. The molecule has 0 aromatic rings. The van der Waals surface area contributed by atoms with Crippen LogP contribution in [0.15, 0.2) is 0 Å². The highest BCUT2D eigenvalue weighted by Gasteiger charge is 2.36. The van der Waals surface area contributed by atoms with Gasteiger partial charge in [0.05, 0.1) is 18.1 Å². The van der Waals surface area contributed by atoms with Crippen LogP contribution in [0.4, 0.5) is 0 Å². The average molecular weight is 248 g/mol. The smallest absolute Gasteiger partial charge is 0.152 e. The quantitative estimate of drug-likeness (QED) is 0.699. The molecular formula is C10H20N2O3S. The maximum Gasteiger partial charge on any atom is 0.152 e. The molecule has 2 heterocycles. The lowest BCUT2D eigenvalue weighted by molar-refractivity contribution is 0.118. The van der Waals surface area contributed by atoms with Crippen molar-refractivity contribution in [3.05, 3.63) is 0 Å². The SMILES string of the molecule is NCC1(CN2CCS(=O)(=O)CC2)CCOC1. The topological polar surface area (TPSA) is 72.6 Å². The van der Waals surface area contributed by atoms with E-state index in [4.69, 9.17) is 10.5 Å². The molecule has 2 fully saturated rings. The summed E-state index contributed by atoms with van der Waals surface area (Å²) in [6.45, 7) is 4.28. The standard InChI is InChI=1S/C10H20N2O3S/c11-7-10(1-4-15-9-10)8-12-2-5-16(13,14)6-3-12/h1-9,11H2. The van der Waals surface area contributed by atoms with E-state index < -0.39 is 9.84 Å². The van der Waals surface area contributed by atoms with E-state index in [9.17, 15) is 8.42 Å². The van der Waals surface area contributed by atoms with E-state index in [1.807, 2.05) is 0 Å². The summed E-state index contributed by atoms with van der Waals surface area (Å²) in [5.74, 6) is 0.572. The van der Waals surface area contributed by atoms with Crippen LogP contribution in [0.5, 0.6) is 0 Å². The van der Waals surface area contributed by atoms with Gasteiger partial charge in [0.15, 0.2) is 9.84 Å². The molecule has 0 spiro atoms. The number of hydrogen-bond donors (Lipinski definition) is 1. The highest BCUT2D eigenvalue weighted by Crippen LogP contribution is 2.28. The number of rotatable bonds is 3. The second kappa shape index (κ2) is 4.60. The van der Waals surface area contributed by atoms with Crippen LogP contribution in [0.2, 0.25) is 0 Å². The Labute approximate surface area is 96.9 Å². The Balaban J connectivity index is 1.90. The van der Waals surface area contributed by atoms with Gasteiger partial charge in [-0.15, -0.1) is 0 Å². The van der Waals surface area contributed by atoms with Crippen LogP contribution in [0.25, 0.3) is 0 Å². The Kier molecular flexibility index (Phi) is 3.53. The van der Waals surface area contributed by atoms with Gasteiger partial charge in [-0.05, 0) is 6.42 Å². The molecule has 6 heteroatoms. The number of ether oxygens (including phenoxy) is 1. The van der Waals surface area contributed by atoms with E-state index in [0.29, 0.717) is 26.2 Å². The van der Waals surface area contributed by atoms with Gasteiger partial charge in [0.1, 0.15) is 0 Å². The zero-order chi connectivity index (χ0) is 11.6. The third kappa shape index (κ3) is 2.74. The Morgan fingerprint density at radius 3 is 2.50 bits per heavy atom. The van der Waals surface area contributed by atoms with Crippen LogP contribution in [0.1, 0.15) is 6.42 Å². The summed E-state index contributed by atoms with van der Waals surface area (Å²) in [7, 11) is -2.78. The lowest BCUT2D eigenvalue weighted by atomic mass is 9.87. The maximum atomic E-state index is 11.3. The second-order valence-electron chi connectivity index (χ2n) is 4.93. The molecule has 0 aromatic carbocycles. The fourth-order valence-corrected chi connectivity index (χ4v) is 3.66. The van der Waals surface area contributed by atoms with Crippen molar-refractivity contribution in [1.29, 1.82) is 0 Å². The highest BCUT2D eigenvalue weighted by molar-refractivity contribution is 7.91. The van der Waals surface area contributed by atoms with Crippen molar-refractivity contribution in [3.63, 3.8) is 0 Å². The molecule has 0 aromatic heterocycles. The fraction of sp³-hybridized carbons (Fsp3) is 1.00. The monoisotopic (exact) mass is 248 g/mol. The fourth-order valence-electron chi connectivity index (χ4n) is 2.38. The minimum atomic E-state index is -2.78. The van der Waals surface area contributed by atoms with Gasteiger partial charge in [0, 0.05) is 38.2 Å². The molecule has 16 heavy (non-hydrogen) atoms. The molecular weight excluding hydrogens is 228 g/mol. The largest absolute Gasteiger partial charge is 0.381 e. The van der Waals surface area contributed by atoms with Crippen molar-refractivity contribution in [2.24, 2.45) is 11.1 Å². The van der Waals surface area contributed by atoms with Crippen molar-refractivity contribution in [1.82, 2.24) is 4.90 Å².